The Morgan fingerprint density at radius 2 is 1.90 bits per heavy atom. The molecule has 0 saturated heterocycles. The summed E-state index contributed by atoms with van der Waals surface area (Å²) in [5, 5.41) is 10.2. The molecule has 3 aromatic rings. The van der Waals surface area contributed by atoms with Crippen LogP contribution in [-0.2, 0) is 0 Å². The highest BCUT2D eigenvalue weighted by molar-refractivity contribution is 9.10. The molecule has 0 unspecified atom stereocenters. The largest absolute Gasteiger partial charge is 0.507 e. The lowest BCUT2D eigenvalue weighted by molar-refractivity contribution is 0.476. The van der Waals surface area contributed by atoms with Crippen molar-refractivity contribution < 1.29 is 5.11 Å². The molecule has 0 saturated carbocycles. The molecule has 1 aromatic heterocycles. The molecule has 1 N–H and O–H groups in total. The Morgan fingerprint density at radius 3 is 2.62 bits per heavy atom. The lowest BCUT2D eigenvalue weighted by Crippen LogP contribution is -2.03. The van der Waals surface area contributed by atoms with Crippen molar-refractivity contribution in [2.75, 3.05) is 0 Å². The summed E-state index contributed by atoms with van der Waals surface area (Å²) in [5.41, 5.74) is 3.97. The molecule has 21 heavy (non-hydrogen) atoms. The topological polar surface area (TPSA) is 38.1 Å². The zero-order chi connectivity index (χ0) is 15.1. The van der Waals surface area contributed by atoms with Crippen molar-refractivity contribution >= 4 is 27.0 Å². The normalized spacial score (nSPS) is 11.5. The Balaban J connectivity index is 2.36. The molecule has 4 heteroatoms. The maximum Gasteiger partial charge on any atom is 0.145 e. The average molecular weight is 345 g/mol. The number of hydrogen-bond donors (Lipinski definition) is 1. The highest BCUT2D eigenvalue weighted by Crippen LogP contribution is 2.35. The molecule has 0 atom stereocenters. The number of phenolic OH excluding ortho intramolecular Hbond substituents is 1. The summed E-state index contributed by atoms with van der Waals surface area (Å²) in [5.74, 6) is 1.04. The van der Waals surface area contributed by atoms with Crippen LogP contribution in [0.25, 0.3) is 22.4 Å². The van der Waals surface area contributed by atoms with Crippen LogP contribution >= 0.6 is 15.9 Å². The van der Waals surface area contributed by atoms with Gasteiger partial charge in [-0.1, -0.05) is 22.0 Å². The van der Waals surface area contributed by atoms with E-state index in [4.69, 9.17) is 4.98 Å². The van der Waals surface area contributed by atoms with Gasteiger partial charge in [0.05, 0.1) is 16.6 Å². The molecule has 0 aliphatic heterocycles. The number of hydrogen-bond acceptors (Lipinski definition) is 2. The molecule has 3 nitrogen and oxygen atoms in total. The van der Waals surface area contributed by atoms with Crippen molar-refractivity contribution in [2.45, 2.75) is 26.8 Å². The number of nitrogens with zero attached hydrogens (tertiary/aromatic N) is 2. The molecule has 1 heterocycles. The van der Waals surface area contributed by atoms with E-state index < -0.39 is 0 Å². The van der Waals surface area contributed by atoms with Crippen LogP contribution in [-0.4, -0.2) is 14.7 Å². The standard InChI is InChI=1S/C17H17BrN2O/c1-10(2)20-15-6-4-11(3)8-14(15)19-17(20)13-9-12(18)5-7-16(13)21/h4-10,21H,1-3H3. The second kappa shape index (κ2) is 5.19. The number of fused-ring (bicyclic) bond motifs is 1. The highest BCUT2D eigenvalue weighted by Gasteiger charge is 2.17. The summed E-state index contributed by atoms with van der Waals surface area (Å²) in [6.45, 7) is 6.31. The van der Waals surface area contributed by atoms with Crippen molar-refractivity contribution in [3.63, 3.8) is 0 Å². The molecule has 0 amide bonds. The molecular formula is C17H17BrN2O. The molecule has 0 aliphatic rings. The van der Waals surface area contributed by atoms with Gasteiger partial charge < -0.3 is 9.67 Å². The fraction of sp³-hybridized carbons (Fsp3) is 0.235. The van der Waals surface area contributed by atoms with Crippen LogP contribution in [0, 0.1) is 6.92 Å². The number of rotatable bonds is 2. The van der Waals surface area contributed by atoms with E-state index in [0.717, 1.165) is 26.9 Å². The number of benzene rings is 2. The Morgan fingerprint density at radius 1 is 1.14 bits per heavy atom. The first-order valence-corrected chi connectivity index (χ1v) is 7.74. The van der Waals surface area contributed by atoms with Gasteiger partial charge in [-0.05, 0) is 56.7 Å². The van der Waals surface area contributed by atoms with E-state index in [1.807, 2.05) is 12.1 Å². The molecule has 0 fully saturated rings. The number of aryl methyl sites for hydroxylation is 1. The van der Waals surface area contributed by atoms with Gasteiger partial charge in [0.1, 0.15) is 11.6 Å². The summed E-state index contributed by atoms with van der Waals surface area (Å²) >= 11 is 3.46. The predicted molar refractivity (Wildman–Crippen MR) is 89.7 cm³/mol. The van der Waals surface area contributed by atoms with Gasteiger partial charge in [0, 0.05) is 10.5 Å². The number of aromatic nitrogens is 2. The van der Waals surface area contributed by atoms with Crippen LogP contribution in [0.5, 0.6) is 5.75 Å². The fourth-order valence-corrected chi connectivity index (χ4v) is 2.97. The third-order valence-corrected chi connectivity index (χ3v) is 4.05. The van der Waals surface area contributed by atoms with Gasteiger partial charge in [-0.15, -0.1) is 0 Å². The van der Waals surface area contributed by atoms with Gasteiger partial charge in [0.2, 0.25) is 0 Å². The van der Waals surface area contributed by atoms with Gasteiger partial charge in [0.25, 0.3) is 0 Å². The summed E-state index contributed by atoms with van der Waals surface area (Å²) in [6, 6.07) is 11.9. The first-order valence-electron chi connectivity index (χ1n) is 6.95. The fourth-order valence-electron chi connectivity index (χ4n) is 2.61. The van der Waals surface area contributed by atoms with Crippen LogP contribution in [0.4, 0.5) is 0 Å². The SMILES string of the molecule is Cc1ccc2c(c1)nc(-c1cc(Br)ccc1O)n2C(C)C. The molecule has 108 valence electrons. The van der Waals surface area contributed by atoms with E-state index in [1.54, 1.807) is 6.07 Å². The van der Waals surface area contributed by atoms with Crippen molar-refractivity contribution in [3.05, 3.63) is 46.4 Å². The van der Waals surface area contributed by atoms with E-state index in [2.05, 4.69) is 59.5 Å². The Bertz CT molecular complexity index is 821. The highest BCUT2D eigenvalue weighted by atomic mass is 79.9. The number of imidazole rings is 1. The van der Waals surface area contributed by atoms with E-state index in [0.29, 0.717) is 0 Å². The van der Waals surface area contributed by atoms with Crippen LogP contribution in [0.15, 0.2) is 40.9 Å². The Labute approximate surface area is 132 Å². The number of phenols is 1. The van der Waals surface area contributed by atoms with Crippen LogP contribution in [0.1, 0.15) is 25.5 Å². The van der Waals surface area contributed by atoms with Crippen molar-refractivity contribution in [2.24, 2.45) is 0 Å². The number of aromatic hydroxyl groups is 1. The maximum absolute atomic E-state index is 10.2. The molecular weight excluding hydrogens is 328 g/mol. The van der Waals surface area contributed by atoms with Crippen molar-refractivity contribution in [3.8, 4) is 17.1 Å². The first-order chi connectivity index (χ1) is 9.97. The maximum atomic E-state index is 10.2. The van der Waals surface area contributed by atoms with Gasteiger partial charge in [-0.25, -0.2) is 4.98 Å². The van der Waals surface area contributed by atoms with Gasteiger partial charge in [-0.3, -0.25) is 0 Å². The van der Waals surface area contributed by atoms with Crippen LogP contribution < -0.4 is 0 Å². The van der Waals surface area contributed by atoms with E-state index >= 15 is 0 Å². The van der Waals surface area contributed by atoms with E-state index in [-0.39, 0.29) is 11.8 Å². The summed E-state index contributed by atoms with van der Waals surface area (Å²) in [7, 11) is 0. The molecule has 0 spiro atoms. The zero-order valence-corrected chi connectivity index (χ0v) is 13.8. The molecule has 3 rings (SSSR count). The third-order valence-electron chi connectivity index (χ3n) is 3.56. The van der Waals surface area contributed by atoms with Gasteiger partial charge >= 0.3 is 0 Å². The molecule has 0 radical (unpaired) electrons. The zero-order valence-electron chi connectivity index (χ0n) is 12.3. The third kappa shape index (κ3) is 2.44. The average Bonchev–Trinajstić information content (AvgIpc) is 2.79. The summed E-state index contributed by atoms with van der Waals surface area (Å²) < 4.78 is 3.09. The predicted octanol–water partition coefficient (Wildman–Crippen LogP) is 5.06. The molecule has 0 bridgehead atoms. The smallest absolute Gasteiger partial charge is 0.145 e. The second-order valence-electron chi connectivity index (χ2n) is 5.55. The summed E-state index contributed by atoms with van der Waals surface area (Å²) in [6.07, 6.45) is 0. The Hall–Kier alpha value is -1.81. The molecule has 2 aromatic carbocycles. The minimum absolute atomic E-state index is 0.243. The summed E-state index contributed by atoms with van der Waals surface area (Å²) in [4.78, 5) is 4.75. The van der Waals surface area contributed by atoms with Crippen molar-refractivity contribution in [1.29, 1.82) is 0 Å². The van der Waals surface area contributed by atoms with Gasteiger partial charge in [-0.2, -0.15) is 0 Å². The Kier molecular flexibility index (Phi) is 3.49. The van der Waals surface area contributed by atoms with Crippen LogP contribution in [0.2, 0.25) is 0 Å². The molecule has 0 aliphatic carbocycles. The minimum Gasteiger partial charge on any atom is -0.507 e. The lowest BCUT2D eigenvalue weighted by atomic mass is 10.2. The van der Waals surface area contributed by atoms with Crippen molar-refractivity contribution in [1.82, 2.24) is 9.55 Å². The monoisotopic (exact) mass is 344 g/mol. The van der Waals surface area contributed by atoms with E-state index in [1.165, 1.54) is 5.56 Å². The lowest BCUT2D eigenvalue weighted by Gasteiger charge is -2.14. The quantitative estimate of drug-likeness (QED) is 0.705. The minimum atomic E-state index is 0.243. The number of halogens is 1. The van der Waals surface area contributed by atoms with E-state index in [9.17, 15) is 5.11 Å². The first kappa shape index (κ1) is 14.1. The van der Waals surface area contributed by atoms with Crippen LogP contribution in [0.3, 0.4) is 0 Å². The second-order valence-corrected chi connectivity index (χ2v) is 6.47. The van der Waals surface area contributed by atoms with Gasteiger partial charge in [0.15, 0.2) is 0 Å².